The number of esters is 1. The fraction of sp³-hybridized carbons (Fsp3) is 0.0769. The van der Waals surface area contributed by atoms with Gasteiger partial charge in [-0.25, -0.2) is 4.79 Å². The van der Waals surface area contributed by atoms with Crippen LogP contribution in [0.5, 0.6) is 0 Å². The number of ether oxygens (including phenoxy) is 1. The standard InChI is InChI=1S/C13H10INO3S/c14-9-3-1-4-10(7-9)15-12(16)8-18-13(17)11-5-2-6-19-11/h1-7H,8H2,(H,15,16). The normalized spacial score (nSPS) is 9.95. The summed E-state index contributed by atoms with van der Waals surface area (Å²) in [6.45, 7) is -0.289. The van der Waals surface area contributed by atoms with E-state index in [1.54, 1.807) is 23.6 Å². The van der Waals surface area contributed by atoms with Crippen molar-refractivity contribution in [3.63, 3.8) is 0 Å². The Morgan fingerprint density at radius 3 is 2.79 bits per heavy atom. The topological polar surface area (TPSA) is 55.4 Å². The minimum absolute atomic E-state index is 0.289. The molecule has 6 heteroatoms. The van der Waals surface area contributed by atoms with E-state index in [9.17, 15) is 9.59 Å². The first-order valence-corrected chi connectivity index (χ1v) is 7.37. The van der Waals surface area contributed by atoms with Crippen LogP contribution < -0.4 is 5.32 Å². The molecule has 2 rings (SSSR count). The molecule has 0 unspecified atom stereocenters. The van der Waals surface area contributed by atoms with Crippen LogP contribution in [0, 0.1) is 3.57 Å². The van der Waals surface area contributed by atoms with Gasteiger partial charge in [0.05, 0.1) is 0 Å². The Morgan fingerprint density at radius 1 is 1.26 bits per heavy atom. The number of thiophene rings is 1. The van der Waals surface area contributed by atoms with Crippen LogP contribution in [0.1, 0.15) is 9.67 Å². The van der Waals surface area contributed by atoms with Crippen LogP contribution in [-0.2, 0) is 9.53 Å². The van der Waals surface area contributed by atoms with E-state index in [-0.39, 0.29) is 12.5 Å². The molecule has 4 nitrogen and oxygen atoms in total. The molecule has 0 aliphatic rings. The fourth-order valence-electron chi connectivity index (χ4n) is 1.36. The molecule has 1 N–H and O–H groups in total. The highest BCUT2D eigenvalue weighted by molar-refractivity contribution is 14.1. The molecule has 0 saturated carbocycles. The average molecular weight is 387 g/mol. The number of carbonyl (C=O) groups excluding carboxylic acids is 2. The van der Waals surface area contributed by atoms with Gasteiger partial charge < -0.3 is 10.1 Å². The lowest BCUT2D eigenvalue weighted by atomic mass is 10.3. The van der Waals surface area contributed by atoms with E-state index >= 15 is 0 Å². The van der Waals surface area contributed by atoms with E-state index in [2.05, 4.69) is 27.9 Å². The number of benzene rings is 1. The third kappa shape index (κ3) is 4.32. The lowest BCUT2D eigenvalue weighted by Crippen LogP contribution is -2.20. The van der Waals surface area contributed by atoms with Crippen LogP contribution in [0.3, 0.4) is 0 Å². The average Bonchev–Trinajstić information content (AvgIpc) is 2.90. The zero-order valence-electron chi connectivity index (χ0n) is 9.76. The summed E-state index contributed by atoms with van der Waals surface area (Å²) >= 11 is 3.44. The van der Waals surface area contributed by atoms with Crippen molar-refractivity contribution in [3.8, 4) is 0 Å². The summed E-state index contributed by atoms with van der Waals surface area (Å²) in [5.41, 5.74) is 0.684. The van der Waals surface area contributed by atoms with E-state index < -0.39 is 5.97 Å². The number of nitrogens with one attached hydrogen (secondary N) is 1. The molecule has 0 spiro atoms. The van der Waals surface area contributed by atoms with Gasteiger partial charge in [-0.1, -0.05) is 12.1 Å². The number of anilines is 1. The summed E-state index contributed by atoms with van der Waals surface area (Å²) in [5, 5.41) is 4.45. The molecular weight excluding hydrogens is 377 g/mol. The highest BCUT2D eigenvalue weighted by atomic mass is 127. The predicted molar refractivity (Wildman–Crippen MR) is 82.4 cm³/mol. The van der Waals surface area contributed by atoms with Gasteiger partial charge in [-0.15, -0.1) is 11.3 Å². The van der Waals surface area contributed by atoms with Crippen LogP contribution in [0.4, 0.5) is 5.69 Å². The number of amides is 1. The molecule has 1 heterocycles. The molecular formula is C13H10INO3S. The molecule has 1 aromatic heterocycles. The Morgan fingerprint density at radius 2 is 2.11 bits per heavy atom. The smallest absolute Gasteiger partial charge is 0.348 e. The van der Waals surface area contributed by atoms with Crippen LogP contribution >= 0.6 is 33.9 Å². The van der Waals surface area contributed by atoms with Gasteiger partial charge in [0.25, 0.3) is 5.91 Å². The van der Waals surface area contributed by atoms with Crippen LogP contribution in [0.15, 0.2) is 41.8 Å². The van der Waals surface area contributed by atoms with E-state index in [1.165, 1.54) is 11.3 Å². The third-order valence-electron chi connectivity index (χ3n) is 2.17. The maximum atomic E-state index is 11.6. The van der Waals surface area contributed by atoms with Gasteiger partial charge in [0.15, 0.2) is 6.61 Å². The van der Waals surface area contributed by atoms with Gasteiger partial charge in [0, 0.05) is 9.26 Å². The van der Waals surface area contributed by atoms with E-state index in [0.29, 0.717) is 10.6 Å². The first-order chi connectivity index (χ1) is 9.15. The van der Waals surface area contributed by atoms with Crippen LogP contribution in [0.2, 0.25) is 0 Å². The second-order valence-electron chi connectivity index (χ2n) is 3.61. The van der Waals surface area contributed by atoms with Crippen molar-refractivity contribution in [2.45, 2.75) is 0 Å². The molecule has 0 radical (unpaired) electrons. The quantitative estimate of drug-likeness (QED) is 0.648. The van der Waals surface area contributed by atoms with Crippen molar-refractivity contribution in [3.05, 3.63) is 50.2 Å². The van der Waals surface area contributed by atoms with Crippen molar-refractivity contribution >= 4 is 51.5 Å². The second-order valence-corrected chi connectivity index (χ2v) is 5.81. The van der Waals surface area contributed by atoms with Crippen molar-refractivity contribution in [1.82, 2.24) is 0 Å². The van der Waals surface area contributed by atoms with Crippen molar-refractivity contribution in [2.24, 2.45) is 0 Å². The lowest BCUT2D eigenvalue weighted by molar-refractivity contribution is -0.119. The number of hydrogen-bond acceptors (Lipinski definition) is 4. The van der Waals surface area contributed by atoms with Crippen molar-refractivity contribution in [1.29, 1.82) is 0 Å². The maximum absolute atomic E-state index is 11.6. The molecule has 2 aromatic rings. The summed E-state index contributed by atoms with van der Waals surface area (Å²) < 4.78 is 5.93. The Hall–Kier alpha value is -1.41. The Labute approximate surface area is 127 Å². The van der Waals surface area contributed by atoms with Crippen LogP contribution in [-0.4, -0.2) is 18.5 Å². The highest BCUT2D eigenvalue weighted by Gasteiger charge is 2.10. The predicted octanol–water partition coefficient (Wildman–Crippen LogP) is 3.15. The summed E-state index contributed by atoms with van der Waals surface area (Å²) in [7, 11) is 0. The molecule has 19 heavy (non-hydrogen) atoms. The minimum atomic E-state index is -0.479. The molecule has 0 fully saturated rings. The van der Waals surface area contributed by atoms with Crippen molar-refractivity contribution < 1.29 is 14.3 Å². The fourth-order valence-corrected chi connectivity index (χ4v) is 2.52. The van der Waals surface area contributed by atoms with E-state index in [0.717, 1.165) is 3.57 Å². The second kappa shape index (κ2) is 6.67. The van der Waals surface area contributed by atoms with Gasteiger partial charge in [0.2, 0.25) is 0 Å². The number of rotatable bonds is 4. The molecule has 0 bridgehead atoms. The zero-order valence-corrected chi connectivity index (χ0v) is 12.7. The van der Waals surface area contributed by atoms with Crippen molar-refractivity contribution in [2.75, 3.05) is 11.9 Å². The summed E-state index contributed by atoms with van der Waals surface area (Å²) in [4.78, 5) is 23.6. The summed E-state index contributed by atoms with van der Waals surface area (Å²) in [6, 6.07) is 10.8. The van der Waals surface area contributed by atoms with Gasteiger partial charge in [-0.05, 0) is 52.2 Å². The first kappa shape index (κ1) is 14.0. The van der Waals surface area contributed by atoms with E-state index in [4.69, 9.17) is 4.74 Å². The maximum Gasteiger partial charge on any atom is 0.348 e. The molecule has 1 aromatic carbocycles. The highest BCUT2D eigenvalue weighted by Crippen LogP contribution is 2.13. The summed E-state index contributed by atoms with van der Waals surface area (Å²) in [5.74, 6) is -0.834. The first-order valence-electron chi connectivity index (χ1n) is 5.41. The monoisotopic (exact) mass is 387 g/mol. The Kier molecular flexibility index (Phi) is 4.92. The SMILES string of the molecule is O=C(COC(=O)c1cccs1)Nc1cccc(I)c1. The van der Waals surface area contributed by atoms with Gasteiger partial charge in [-0.2, -0.15) is 0 Å². The Balaban J connectivity index is 1.83. The number of hydrogen-bond donors (Lipinski definition) is 1. The van der Waals surface area contributed by atoms with Gasteiger partial charge in [0.1, 0.15) is 4.88 Å². The molecule has 0 saturated heterocycles. The summed E-state index contributed by atoms with van der Waals surface area (Å²) in [6.07, 6.45) is 0. The lowest BCUT2D eigenvalue weighted by Gasteiger charge is -2.06. The van der Waals surface area contributed by atoms with Crippen LogP contribution in [0.25, 0.3) is 0 Å². The molecule has 0 atom stereocenters. The molecule has 98 valence electrons. The zero-order chi connectivity index (χ0) is 13.7. The molecule has 1 amide bonds. The molecule has 0 aliphatic carbocycles. The third-order valence-corrected chi connectivity index (χ3v) is 3.69. The van der Waals surface area contributed by atoms with Gasteiger partial charge in [-0.3, -0.25) is 4.79 Å². The number of carbonyl (C=O) groups is 2. The van der Waals surface area contributed by atoms with E-state index in [1.807, 2.05) is 18.2 Å². The number of halogens is 1. The molecule has 0 aliphatic heterocycles. The largest absolute Gasteiger partial charge is 0.451 e. The Bertz CT molecular complexity index is 583. The minimum Gasteiger partial charge on any atom is -0.451 e. The van der Waals surface area contributed by atoms with Gasteiger partial charge >= 0.3 is 5.97 Å².